The molecule has 20 heavy (non-hydrogen) atoms. The van der Waals surface area contributed by atoms with Crippen molar-refractivity contribution in [2.45, 2.75) is 31.3 Å². The fraction of sp³-hybridized carbons (Fsp3) is 0.714. The molecule has 0 saturated heterocycles. The Morgan fingerprint density at radius 1 is 1.15 bits per heavy atom. The molecule has 0 aromatic carbocycles. The van der Waals surface area contributed by atoms with E-state index in [1.54, 1.807) is 7.11 Å². The van der Waals surface area contributed by atoms with Gasteiger partial charge in [0.2, 0.25) is 0 Å². The second kappa shape index (κ2) is 5.69. The lowest BCUT2D eigenvalue weighted by Gasteiger charge is -2.54. The minimum Gasteiger partial charge on any atom is -0.469 e. The third kappa shape index (κ3) is 2.67. The Kier molecular flexibility index (Phi) is 4.81. The minimum absolute atomic E-state index is 0.451. The summed E-state index contributed by atoms with van der Waals surface area (Å²) in [7, 11) is 2.62. The van der Waals surface area contributed by atoms with E-state index in [2.05, 4.69) is 26.2 Å². The van der Waals surface area contributed by atoms with Gasteiger partial charge in [0.05, 0.1) is 20.1 Å². The van der Waals surface area contributed by atoms with Gasteiger partial charge in [0.15, 0.2) is 0 Å². The zero-order valence-corrected chi connectivity index (χ0v) is 14.1. The fourth-order valence-corrected chi connectivity index (χ4v) is 5.20. The van der Waals surface area contributed by atoms with Crippen molar-refractivity contribution in [1.29, 1.82) is 0 Å². The highest BCUT2D eigenvalue weighted by Gasteiger charge is 2.65. The monoisotopic (exact) mass is 300 g/mol. The maximum Gasteiger partial charge on any atom is 0.313 e. The summed E-state index contributed by atoms with van der Waals surface area (Å²) >= 11 is 0. The molecule has 1 fully saturated rings. The van der Waals surface area contributed by atoms with Gasteiger partial charge in [0.25, 0.3) is 0 Å². The largest absolute Gasteiger partial charge is 0.469 e. The maximum atomic E-state index is 12.1. The van der Waals surface area contributed by atoms with Gasteiger partial charge in [0, 0.05) is 15.2 Å². The number of hydrogen-bond donors (Lipinski definition) is 0. The molecule has 0 aromatic heterocycles. The van der Waals surface area contributed by atoms with Crippen LogP contribution >= 0.6 is 0 Å². The van der Waals surface area contributed by atoms with E-state index in [1.165, 1.54) is 14.2 Å². The lowest BCUT2D eigenvalue weighted by atomic mass is 9.58. The average Bonchev–Trinajstić information content (AvgIpc) is 2.38. The van der Waals surface area contributed by atoms with E-state index in [0.29, 0.717) is 11.6 Å². The standard InChI is InChI=1S/C14H24O5Si/c1-9-10(12(15)17-2)11(13(16)18-3)14(9,19-4)8-20(5,6)7/h10-11H,1,8H2,2-7H3/t10-,11-,14?/m1/s1. The molecule has 0 amide bonds. The average molecular weight is 300 g/mol. The number of carbonyl (C=O) groups excluding carboxylic acids is 2. The summed E-state index contributed by atoms with van der Waals surface area (Å²) < 4.78 is 15.3. The predicted molar refractivity (Wildman–Crippen MR) is 78.0 cm³/mol. The van der Waals surface area contributed by atoms with Crippen LogP contribution < -0.4 is 0 Å². The molecule has 0 bridgehead atoms. The maximum absolute atomic E-state index is 12.1. The first kappa shape index (κ1) is 16.9. The van der Waals surface area contributed by atoms with Crippen LogP contribution in [0.5, 0.6) is 0 Å². The van der Waals surface area contributed by atoms with Gasteiger partial charge in [0.1, 0.15) is 11.5 Å². The van der Waals surface area contributed by atoms with Crippen LogP contribution in [0.3, 0.4) is 0 Å². The van der Waals surface area contributed by atoms with Crippen molar-refractivity contribution in [2.24, 2.45) is 11.8 Å². The van der Waals surface area contributed by atoms with Gasteiger partial charge >= 0.3 is 11.9 Å². The van der Waals surface area contributed by atoms with Crippen molar-refractivity contribution in [3.8, 4) is 0 Å². The van der Waals surface area contributed by atoms with Crippen LogP contribution in [0.2, 0.25) is 25.7 Å². The number of hydrogen-bond acceptors (Lipinski definition) is 5. The van der Waals surface area contributed by atoms with E-state index in [1.807, 2.05) is 0 Å². The van der Waals surface area contributed by atoms with Gasteiger partial charge in [-0.05, 0) is 11.6 Å². The van der Waals surface area contributed by atoms with Crippen LogP contribution in [0.1, 0.15) is 0 Å². The van der Waals surface area contributed by atoms with Gasteiger partial charge in [-0.3, -0.25) is 9.59 Å². The second-order valence-corrected chi connectivity index (χ2v) is 11.8. The highest BCUT2D eigenvalue weighted by atomic mass is 28.3. The third-order valence-electron chi connectivity index (χ3n) is 3.82. The van der Waals surface area contributed by atoms with Crippen LogP contribution in [0.25, 0.3) is 0 Å². The Morgan fingerprint density at radius 3 is 2.00 bits per heavy atom. The molecule has 6 heteroatoms. The Hall–Kier alpha value is -1.14. The second-order valence-electron chi connectivity index (χ2n) is 6.36. The molecule has 1 unspecified atom stereocenters. The summed E-state index contributed by atoms with van der Waals surface area (Å²) in [6.45, 7) is 10.5. The highest BCUT2D eigenvalue weighted by molar-refractivity contribution is 6.76. The Labute approximate surface area is 121 Å². The van der Waals surface area contributed by atoms with Crippen LogP contribution in [-0.2, 0) is 23.8 Å². The van der Waals surface area contributed by atoms with Crippen molar-refractivity contribution in [3.05, 3.63) is 12.2 Å². The zero-order valence-electron chi connectivity index (χ0n) is 13.1. The quantitative estimate of drug-likeness (QED) is 0.440. The topological polar surface area (TPSA) is 61.8 Å². The number of esters is 2. The van der Waals surface area contributed by atoms with E-state index < -0.39 is 37.4 Å². The molecular formula is C14H24O5Si. The van der Waals surface area contributed by atoms with Gasteiger partial charge in [-0.15, -0.1) is 0 Å². The molecule has 0 radical (unpaired) electrons. The molecule has 0 spiro atoms. The fourth-order valence-electron chi connectivity index (χ4n) is 3.04. The molecule has 0 aromatic rings. The summed E-state index contributed by atoms with van der Waals surface area (Å²) in [4.78, 5) is 24.0. The molecule has 0 heterocycles. The van der Waals surface area contributed by atoms with Gasteiger partial charge < -0.3 is 14.2 Å². The number of carbonyl (C=O) groups is 2. The summed E-state index contributed by atoms with van der Waals surface area (Å²) in [5.74, 6) is -2.27. The molecule has 114 valence electrons. The molecular weight excluding hydrogens is 276 g/mol. The molecule has 0 N–H and O–H groups in total. The summed E-state index contributed by atoms with van der Waals surface area (Å²) in [5.41, 5.74) is -0.194. The number of ether oxygens (including phenoxy) is 3. The van der Waals surface area contributed by atoms with Crippen molar-refractivity contribution in [2.75, 3.05) is 21.3 Å². The molecule has 0 aliphatic heterocycles. The van der Waals surface area contributed by atoms with Crippen molar-refractivity contribution in [3.63, 3.8) is 0 Å². The molecule has 1 saturated carbocycles. The third-order valence-corrected chi connectivity index (χ3v) is 5.41. The predicted octanol–water partition coefficient (Wildman–Crippen LogP) is 1.86. The van der Waals surface area contributed by atoms with Gasteiger partial charge in [-0.2, -0.15) is 0 Å². The van der Waals surface area contributed by atoms with Crippen LogP contribution in [-0.4, -0.2) is 46.9 Å². The lowest BCUT2D eigenvalue weighted by molar-refractivity contribution is -0.180. The Morgan fingerprint density at radius 2 is 1.65 bits per heavy atom. The first-order valence-corrected chi connectivity index (χ1v) is 10.3. The van der Waals surface area contributed by atoms with Crippen molar-refractivity contribution < 1.29 is 23.8 Å². The number of methoxy groups -OCH3 is 3. The lowest BCUT2D eigenvalue weighted by Crippen LogP contribution is -2.65. The molecule has 3 atom stereocenters. The summed E-state index contributed by atoms with van der Waals surface area (Å²) in [6.07, 6.45) is 0. The van der Waals surface area contributed by atoms with Gasteiger partial charge in [-0.25, -0.2) is 0 Å². The molecule has 1 rings (SSSR count). The zero-order chi connectivity index (χ0) is 15.7. The van der Waals surface area contributed by atoms with E-state index >= 15 is 0 Å². The Bertz CT molecular complexity index is 426. The normalized spacial score (nSPS) is 29.6. The van der Waals surface area contributed by atoms with E-state index in [4.69, 9.17) is 14.2 Å². The van der Waals surface area contributed by atoms with Gasteiger partial charge in [-0.1, -0.05) is 26.2 Å². The molecule has 1 aliphatic carbocycles. The van der Waals surface area contributed by atoms with Crippen LogP contribution in [0.15, 0.2) is 12.2 Å². The smallest absolute Gasteiger partial charge is 0.313 e. The van der Waals surface area contributed by atoms with E-state index in [9.17, 15) is 9.59 Å². The molecule has 1 aliphatic rings. The first-order valence-electron chi connectivity index (χ1n) is 6.54. The van der Waals surface area contributed by atoms with E-state index in [0.717, 1.165) is 0 Å². The number of rotatable bonds is 5. The Balaban J connectivity index is 3.20. The van der Waals surface area contributed by atoms with Crippen molar-refractivity contribution >= 4 is 20.0 Å². The van der Waals surface area contributed by atoms with Crippen molar-refractivity contribution in [1.82, 2.24) is 0 Å². The molecule has 5 nitrogen and oxygen atoms in total. The minimum atomic E-state index is -1.55. The summed E-state index contributed by atoms with van der Waals surface area (Å²) in [5, 5.41) is 0. The summed E-state index contributed by atoms with van der Waals surface area (Å²) in [6, 6.07) is 0.711. The SMILES string of the molecule is C=C1[C@@H](C(=O)OC)[C@H](C(=O)OC)C1(C[Si](C)(C)C)OC. The van der Waals surface area contributed by atoms with Crippen LogP contribution in [0, 0.1) is 11.8 Å². The van der Waals surface area contributed by atoms with E-state index in [-0.39, 0.29) is 0 Å². The highest BCUT2D eigenvalue weighted by Crippen LogP contribution is 2.55. The first-order chi connectivity index (χ1) is 9.14. The van der Waals surface area contributed by atoms with Crippen LogP contribution in [0.4, 0.5) is 0 Å².